The molecule has 1 unspecified atom stereocenters. The van der Waals surface area contributed by atoms with E-state index in [0.29, 0.717) is 23.9 Å². The van der Waals surface area contributed by atoms with Crippen LogP contribution >= 0.6 is 0 Å². The topological polar surface area (TPSA) is 71.8 Å². The van der Waals surface area contributed by atoms with Gasteiger partial charge in [0.2, 0.25) is 0 Å². The van der Waals surface area contributed by atoms with E-state index in [4.69, 9.17) is 9.15 Å². The van der Waals surface area contributed by atoms with E-state index in [9.17, 15) is 14.0 Å². The minimum absolute atomic E-state index is 0.137. The second kappa shape index (κ2) is 7.67. The van der Waals surface area contributed by atoms with Gasteiger partial charge in [0.15, 0.2) is 5.54 Å². The van der Waals surface area contributed by atoms with Crippen LogP contribution in [0.3, 0.4) is 0 Å². The smallest absolute Gasteiger partial charge is 0.325 e. The van der Waals surface area contributed by atoms with Gasteiger partial charge in [-0.2, -0.15) is 0 Å². The summed E-state index contributed by atoms with van der Waals surface area (Å²) in [5.41, 5.74) is 0.420. The van der Waals surface area contributed by atoms with Crippen molar-refractivity contribution >= 4 is 11.9 Å². The van der Waals surface area contributed by atoms with Crippen LogP contribution in [-0.4, -0.2) is 16.8 Å². The molecule has 1 aliphatic rings. The average Bonchev–Trinajstić information content (AvgIpc) is 3.26. The van der Waals surface area contributed by atoms with Crippen molar-refractivity contribution in [2.45, 2.75) is 32.5 Å². The lowest BCUT2D eigenvalue weighted by molar-refractivity contribution is -0.132. The van der Waals surface area contributed by atoms with Crippen molar-refractivity contribution in [3.05, 3.63) is 89.1 Å². The van der Waals surface area contributed by atoms with Crippen LogP contribution in [0.1, 0.15) is 29.6 Å². The molecule has 1 aromatic heterocycles. The molecular formula is C23H21FN2O4. The van der Waals surface area contributed by atoms with Crippen LogP contribution in [-0.2, 0) is 23.5 Å². The highest BCUT2D eigenvalue weighted by Gasteiger charge is 2.51. The number of hydrogen-bond donors (Lipinski definition) is 1. The number of imide groups is 1. The molecule has 0 saturated carbocycles. The Balaban J connectivity index is 1.41. The van der Waals surface area contributed by atoms with Crippen molar-refractivity contribution in [1.29, 1.82) is 0 Å². The van der Waals surface area contributed by atoms with Crippen LogP contribution in [0.25, 0.3) is 0 Å². The van der Waals surface area contributed by atoms with Gasteiger partial charge in [-0.05, 0) is 61.4 Å². The zero-order valence-corrected chi connectivity index (χ0v) is 16.6. The van der Waals surface area contributed by atoms with Gasteiger partial charge in [-0.1, -0.05) is 24.3 Å². The molecule has 1 N–H and O–H groups in total. The number of urea groups is 1. The molecule has 3 amide bonds. The average molecular weight is 408 g/mol. The molecule has 1 fully saturated rings. The van der Waals surface area contributed by atoms with Crippen LogP contribution < -0.4 is 10.1 Å². The Hall–Kier alpha value is -3.61. The number of halogens is 1. The van der Waals surface area contributed by atoms with Crippen molar-refractivity contribution in [3.8, 4) is 5.75 Å². The summed E-state index contributed by atoms with van der Waals surface area (Å²) in [6.45, 7) is 3.87. The maximum atomic E-state index is 13.0. The predicted molar refractivity (Wildman–Crippen MR) is 107 cm³/mol. The van der Waals surface area contributed by atoms with Crippen molar-refractivity contribution in [2.75, 3.05) is 0 Å². The molecule has 7 heteroatoms. The predicted octanol–water partition coefficient (Wildman–Crippen LogP) is 4.27. The van der Waals surface area contributed by atoms with E-state index < -0.39 is 11.6 Å². The summed E-state index contributed by atoms with van der Waals surface area (Å²) < 4.78 is 24.2. The SMILES string of the molecule is Cc1ccc(C2(C)NC(=O)N(Cc3ccc(OCc4ccc(F)cc4)cc3)C2=O)o1. The van der Waals surface area contributed by atoms with E-state index >= 15 is 0 Å². The summed E-state index contributed by atoms with van der Waals surface area (Å²) in [5.74, 6) is 1.06. The molecule has 0 radical (unpaired) electrons. The Morgan fingerprint density at radius 1 is 1.00 bits per heavy atom. The molecule has 1 atom stereocenters. The first-order valence-electron chi connectivity index (χ1n) is 9.52. The molecular weight excluding hydrogens is 387 g/mol. The first kappa shape index (κ1) is 19.7. The molecule has 3 aromatic rings. The molecule has 1 aliphatic heterocycles. The Kier molecular flexibility index (Phi) is 5.03. The number of benzene rings is 2. The number of rotatable bonds is 6. The summed E-state index contributed by atoms with van der Waals surface area (Å²) in [4.78, 5) is 26.5. The third kappa shape index (κ3) is 3.78. The molecule has 0 bridgehead atoms. The quantitative estimate of drug-likeness (QED) is 0.618. The molecule has 0 aliphatic carbocycles. The number of aryl methyl sites for hydroxylation is 1. The van der Waals surface area contributed by atoms with E-state index in [0.717, 1.165) is 11.1 Å². The number of hydrogen-bond acceptors (Lipinski definition) is 4. The Labute approximate surface area is 173 Å². The lowest BCUT2D eigenvalue weighted by Gasteiger charge is -2.19. The Morgan fingerprint density at radius 2 is 1.67 bits per heavy atom. The van der Waals surface area contributed by atoms with Gasteiger partial charge in [0.1, 0.15) is 29.7 Å². The van der Waals surface area contributed by atoms with Crippen LogP contribution in [0.5, 0.6) is 5.75 Å². The standard InChI is InChI=1S/C23H21FN2O4/c1-15-3-12-20(30-15)23(2)21(27)26(22(28)25-23)13-16-6-10-19(11-7-16)29-14-17-4-8-18(24)9-5-17/h3-12H,13-14H2,1-2H3,(H,25,28). The Morgan fingerprint density at radius 3 is 2.30 bits per heavy atom. The molecule has 4 rings (SSSR count). The van der Waals surface area contributed by atoms with Crippen molar-refractivity contribution < 1.29 is 23.1 Å². The summed E-state index contributed by atoms with van der Waals surface area (Å²) in [6, 6.07) is 16.2. The van der Waals surface area contributed by atoms with Gasteiger partial charge in [-0.3, -0.25) is 9.69 Å². The third-order valence-electron chi connectivity index (χ3n) is 5.09. The van der Waals surface area contributed by atoms with Gasteiger partial charge in [-0.25, -0.2) is 9.18 Å². The number of nitrogens with zero attached hydrogens (tertiary/aromatic N) is 1. The first-order valence-corrected chi connectivity index (χ1v) is 9.52. The highest BCUT2D eigenvalue weighted by Crippen LogP contribution is 2.31. The maximum absolute atomic E-state index is 13.0. The molecule has 0 spiro atoms. The van der Waals surface area contributed by atoms with Crippen molar-refractivity contribution in [1.82, 2.24) is 10.2 Å². The van der Waals surface area contributed by atoms with E-state index in [1.807, 2.05) is 0 Å². The van der Waals surface area contributed by atoms with E-state index in [1.54, 1.807) is 62.4 Å². The van der Waals surface area contributed by atoms with Crippen LogP contribution in [0, 0.1) is 12.7 Å². The fourth-order valence-electron chi connectivity index (χ4n) is 3.33. The monoisotopic (exact) mass is 408 g/mol. The Bertz CT molecular complexity index is 1080. The van der Waals surface area contributed by atoms with Gasteiger partial charge in [0, 0.05) is 0 Å². The number of ether oxygens (including phenoxy) is 1. The van der Waals surface area contributed by atoms with E-state index in [1.165, 1.54) is 17.0 Å². The summed E-state index contributed by atoms with van der Waals surface area (Å²) in [7, 11) is 0. The van der Waals surface area contributed by atoms with E-state index in [2.05, 4.69) is 5.32 Å². The summed E-state index contributed by atoms with van der Waals surface area (Å²) >= 11 is 0. The second-order valence-electron chi connectivity index (χ2n) is 7.42. The van der Waals surface area contributed by atoms with Crippen LogP contribution in [0.15, 0.2) is 65.1 Å². The van der Waals surface area contributed by atoms with Crippen molar-refractivity contribution in [3.63, 3.8) is 0 Å². The number of amides is 3. The molecule has 2 heterocycles. The third-order valence-corrected chi connectivity index (χ3v) is 5.09. The minimum atomic E-state index is -1.22. The lowest BCUT2D eigenvalue weighted by atomic mass is 9.99. The first-order chi connectivity index (χ1) is 14.3. The fraction of sp³-hybridized carbons (Fsp3) is 0.217. The molecule has 1 saturated heterocycles. The number of carbonyl (C=O) groups is 2. The molecule has 154 valence electrons. The second-order valence-corrected chi connectivity index (χ2v) is 7.42. The normalized spacial score (nSPS) is 18.6. The summed E-state index contributed by atoms with van der Waals surface area (Å²) in [6.07, 6.45) is 0. The molecule has 6 nitrogen and oxygen atoms in total. The zero-order chi connectivity index (χ0) is 21.3. The van der Waals surface area contributed by atoms with Crippen LogP contribution in [0.2, 0.25) is 0 Å². The van der Waals surface area contributed by atoms with E-state index in [-0.39, 0.29) is 18.3 Å². The minimum Gasteiger partial charge on any atom is -0.489 e. The lowest BCUT2D eigenvalue weighted by Crippen LogP contribution is -2.40. The maximum Gasteiger partial charge on any atom is 0.325 e. The highest BCUT2D eigenvalue weighted by atomic mass is 19.1. The number of nitrogens with one attached hydrogen (secondary N) is 1. The van der Waals surface area contributed by atoms with Gasteiger partial charge in [0.05, 0.1) is 6.54 Å². The fourth-order valence-corrected chi connectivity index (χ4v) is 3.33. The van der Waals surface area contributed by atoms with Crippen molar-refractivity contribution in [2.24, 2.45) is 0 Å². The van der Waals surface area contributed by atoms with Gasteiger partial charge < -0.3 is 14.5 Å². The largest absolute Gasteiger partial charge is 0.489 e. The molecule has 30 heavy (non-hydrogen) atoms. The number of carbonyl (C=O) groups excluding carboxylic acids is 2. The molecule has 2 aromatic carbocycles. The van der Waals surface area contributed by atoms with Gasteiger partial charge in [0.25, 0.3) is 5.91 Å². The summed E-state index contributed by atoms with van der Waals surface area (Å²) in [5, 5.41) is 2.73. The van der Waals surface area contributed by atoms with Gasteiger partial charge >= 0.3 is 6.03 Å². The van der Waals surface area contributed by atoms with Gasteiger partial charge in [-0.15, -0.1) is 0 Å². The highest BCUT2D eigenvalue weighted by molar-refractivity contribution is 6.06. The zero-order valence-electron chi connectivity index (χ0n) is 16.6. The van der Waals surface area contributed by atoms with Crippen LogP contribution in [0.4, 0.5) is 9.18 Å². The number of furan rings is 1.